The Hall–Kier alpha value is -1.34. The highest BCUT2D eigenvalue weighted by molar-refractivity contribution is 5.29. The zero-order valence-electron chi connectivity index (χ0n) is 10.9. The number of hydrogen-bond acceptors (Lipinski definition) is 4. The molecule has 0 bridgehead atoms. The van der Waals surface area contributed by atoms with E-state index in [-0.39, 0.29) is 6.61 Å². The van der Waals surface area contributed by atoms with Crippen LogP contribution < -0.4 is 10.1 Å². The molecule has 0 aliphatic rings. The Morgan fingerprint density at radius 2 is 2.00 bits per heavy atom. The SMILES string of the molecule is CCNCc1nc(C)ccc1OCCOC(F)(F)F. The number of pyridine rings is 1. The van der Waals surface area contributed by atoms with Gasteiger partial charge in [-0.25, -0.2) is 0 Å². The average Bonchev–Trinajstić information content (AvgIpc) is 2.32. The minimum atomic E-state index is -4.62. The third-order valence-corrected chi connectivity index (χ3v) is 2.22. The number of nitrogens with zero attached hydrogens (tertiary/aromatic N) is 1. The first-order valence-corrected chi connectivity index (χ1v) is 5.93. The molecular formula is C12H17F3N2O2. The number of alkyl halides is 3. The highest BCUT2D eigenvalue weighted by Gasteiger charge is 2.28. The summed E-state index contributed by atoms with van der Waals surface area (Å²) in [5.41, 5.74) is 1.50. The highest BCUT2D eigenvalue weighted by Crippen LogP contribution is 2.18. The lowest BCUT2D eigenvalue weighted by molar-refractivity contribution is -0.325. The van der Waals surface area contributed by atoms with E-state index in [9.17, 15) is 13.2 Å². The maximum absolute atomic E-state index is 11.8. The van der Waals surface area contributed by atoms with Crippen LogP contribution in [0.5, 0.6) is 5.75 Å². The van der Waals surface area contributed by atoms with Gasteiger partial charge in [-0.3, -0.25) is 9.72 Å². The van der Waals surface area contributed by atoms with Crippen molar-refractivity contribution < 1.29 is 22.6 Å². The van der Waals surface area contributed by atoms with Gasteiger partial charge in [-0.05, 0) is 25.6 Å². The van der Waals surface area contributed by atoms with E-state index in [4.69, 9.17) is 4.74 Å². The van der Waals surface area contributed by atoms with Gasteiger partial charge in [0.25, 0.3) is 0 Å². The molecule has 0 radical (unpaired) electrons. The van der Waals surface area contributed by atoms with E-state index >= 15 is 0 Å². The fourth-order valence-corrected chi connectivity index (χ4v) is 1.41. The first-order chi connectivity index (χ1) is 8.92. The standard InChI is InChI=1S/C12H17F3N2O2/c1-3-16-8-10-11(5-4-9(2)17-10)18-6-7-19-12(13,14)15/h4-5,16H,3,6-8H2,1-2H3. The summed E-state index contributed by atoms with van der Waals surface area (Å²) in [5.74, 6) is 0.470. The summed E-state index contributed by atoms with van der Waals surface area (Å²) in [5, 5.41) is 3.09. The lowest BCUT2D eigenvalue weighted by atomic mass is 10.3. The number of ether oxygens (including phenoxy) is 2. The Balaban J connectivity index is 2.52. The predicted molar refractivity (Wildman–Crippen MR) is 63.9 cm³/mol. The largest absolute Gasteiger partial charge is 0.522 e. The minimum absolute atomic E-state index is 0.177. The highest BCUT2D eigenvalue weighted by atomic mass is 19.4. The van der Waals surface area contributed by atoms with Crippen LogP contribution in [0.15, 0.2) is 12.1 Å². The average molecular weight is 278 g/mol. The monoisotopic (exact) mass is 278 g/mol. The van der Waals surface area contributed by atoms with Crippen molar-refractivity contribution in [3.05, 3.63) is 23.5 Å². The molecule has 0 saturated carbocycles. The zero-order valence-corrected chi connectivity index (χ0v) is 10.9. The molecule has 1 aromatic heterocycles. The first-order valence-electron chi connectivity index (χ1n) is 5.93. The summed E-state index contributed by atoms with van der Waals surface area (Å²) in [4.78, 5) is 4.29. The van der Waals surface area contributed by atoms with E-state index in [1.165, 1.54) is 0 Å². The number of aryl methyl sites for hydroxylation is 1. The third-order valence-electron chi connectivity index (χ3n) is 2.22. The van der Waals surface area contributed by atoms with Crippen LogP contribution in [0.3, 0.4) is 0 Å². The Bertz CT molecular complexity index is 397. The van der Waals surface area contributed by atoms with Crippen molar-refractivity contribution >= 4 is 0 Å². The molecule has 0 atom stereocenters. The first kappa shape index (κ1) is 15.7. The Morgan fingerprint density at radius 3 is 2.63 bits per heavy atom. The maximum Gasteiger partial charge on any atom is 0.522 e. The fourth-order valence-electron chi connectivity index (χ4n) is 1.41. The number of halogens is 3. The van der Waals surface area contributed by atoms with Gasteiger partial charge in [0.05, 0.1) is 12.3 Å². The second kappa shape index (κ2) is 7.30. The molecule has 0 saturated heterocycles. The molecule has 0 aromatic carbocycles. The van der Waals surface area contributed by atoms with Crippen LogP contribution in [0.2, 0.25) is 0 Å². The van der Waals surface area contributed by atoms with E-state index in [1.807, 2.05) is 13.8 Å². The quantitative estimate of drug-likeness (QED) is 0.778. The smallest absolute Gasteiger partial charge is 0.489 e. The van der Waals surface area contributed by atoms with Gasteiger partial charge in [0.1, 0.15) is 12.4 Å². The predicted octanol–water partition coefficient (Wildman–Crippen LogP) is 2.41. The molecule has 0 unspecified atom stereocenters. The van der Waals surface area contributed by atoms with Gasteiger partial charge in [-0.2, -0.15) is 0 Å². The van der Waals surface area contributed by atoms with E-state index in [2.05, 4.69) is 15.0 Å². The summed E-state index contributed by atoms with van der Waals surface area (Å²) in [6, 6.07) is 3.44. The van der Waals surface area contributed by atoms with Crippen molar-refractivity contribution in [3.8, 4) is 5.75 Å². The number of rotatable bonds is 7. The van der Waals surface area contributed by atoms with Crippen molar-refractivity contribution in [3.63, 3.8) is 0 Å². The van der Waals surface area contributed by atoms with Gasteiger partial charge >= 0.3 is 6.36 Å². The van der Waals surface area contributed by atoms with Gasteiger partial charge in [-0.1, -0.05) is 6.92 Å². The Kier molecular flexibility index (Phi) is 6.04. The van der Waals surface area contributed by atoms with Crippen LogP contribution in [0.25, 0.3) is 0 Å². The summed E-state index contributed by atoms with van der Waals surface area (Å²) in [6.07, 6.45) is -4.62. The maximum atomic E-state index is 11.8. The van der Waals surface area contributed by atoms with Gasteiger partial charge in [-0.15, -0.1) is 13.2 Å². The van der Waals surface area contributed by atoms with E-state index in [0.717, 1.165) is 12.2 Å². The fraction of sp³-hybridized carbons (Fsp3) is 0.583. The second-order valence-corrected chi connectivity index (χ2v) is 3.82. The molecular weight excluding hydrogens is 261 g/mol. The van der Waals surface area contributed by atoms with Crippen molar-refractivity contribution in [1.29, 1.82) is 0 Å². The molecule has 4 nitrogen and oxygen atoms in total. The lowest BCUT2D eigenvalue weighted by Gasteiger charge is -2.12. The summed E-state index contributed by atoms with van der Waals surface area (Å²) in [7, 11) is 0. The minimum Gasteiger partial charge on any atom is -0.489 e. The molecule has 1 N–H and O–H groups in total. The summed E-state index contributed by atoms with van der Waals surface area (Å²) < 4.78 is 44.2. The van der Waals surface area contributed by atoms with Crippen molar-refractivity contribution in [2.24, 2.45) is 0 Å². The lowest BCUT2D eigenvalue weighted by Crippen LogP contribution is -2.19. The van der Waals surface area contributed by atoms with Crippen LogP contribution in [0, 0.1) is 6.92 Å². The molecule has 1 aromatic rings. The second-order valence-electron chi connectivity index (χ2n) is 3.82. The van der Waals surface area contributed by atoms with Gasteiger partial charge in [0.2, 0.25) is 0 Å². The Morgan fingerprint density at radius 1 is 1.26 bits per heavy atom. The van der Waals surface area contributed by atoms with Crippen LogP contribution in [-0.2, 0) is 11.3 Å². The van der Waals surface area contributed by atoms with Gasteiger partial charge in [0.15, 0.2) is 0 Å². The Labute approximate surface area is 109 Å². The normalized spacial score (nSPS) is 11.6. The molecule has 7 heteroatoms. The zero-order chi connectivity index (χ0) is 14.3. The van der Waals surface area contributed by atoms with Crippen LogP contribution in [0.4, 0.5) is 13.2 Å². The molecule has 0 aliphatic carbocycles. The van der Waals surface area contributed by atoms with Crippen LogP contribution >= 0.6 is 0 Å². The van der Waals surface area contributed by atoms with Crippen LogP contribution in [0.1, 0.15) is 18.3 Å². The van der Waals surface area contributed by atoms with Crippen molar-refractivity contribution in [1.82, 2.24) is 10.3 Å². The third kappa shape index (κ3) is 6.40. The molecule has 1 heterocycles. The van der Waals surface area contributed by atoms with Crippen molar-refractivity contribution in [2.45, 2.75) is 26.8 Å². The van der Waals surface area contributed by atoms with E-state index < -0.39 is 13.0 Å². The van der Waals surface area contributed by atoms with Crippen molar-refractivity contribution in [2.75, 3.05) is 19.8 Å². The molecule has 0 aliphatic heterocycles. The molecule has 0 fully saturated rings. The summed E-state index contributed by atoms with van der Waals surface area (Å²) >= 11 is 0. The molecule has 1 rings (SSSR count). The van der Waals surface area contributed by atoms with Gasteiger partial charge < -0.3 is 10.1 Å². The number of aromatic nitrogens is 1. The van der Waals surface area contributed by atoms with Crippen LogP contribution in [-0.4, -0.2) is 31.1 Å². The number of nitrogens with one attached hydrogen (secondary N) is 1. The summed E-state index contributed by atoms with van der Waals surface area (Å²) in [6.45, 7) is 4.35. The van der Waals surface area contributed by atoms with E-state index in [0.29, 0.717) is 18.0 Å². The van der Waals surface area contributed by atoms with Gasteiger partial charge in [0, 0.05) is 12.2 Å². The molecule has 0 amide bonds. The topological polar surface area (TPSA) is 43.4 Å². The molecule has 19 heavy (non-hydrogen) atoms. The molecule has 108 valence electrons. The van der Waals surface area contributed by atoms with E-state index in [1.54, 1.807) is 12.1 Å². The molecule has 0 spiro atoms. The number of hydrogen-bond donors (Lipinski definition) is 1.